The molecular formula is C34H35F3N6O4. The number of carbonyl (C=O) groups excluding carboxylic acids is 1. The first-order valence-electron chi connectivity index (χ1n) is 16.1. The van der Waals surface area contributed by atoms with E-state index in [4.69, 9.17) is 14.5 Å². The smallest absolute Gasteiger partial charge is 0.407 e. The number of amides is 1. The van der Waals surface area contributed by atoms with Crippen molar-refractivity contribution in [3.8, 4) is 23.0 Å². The van der Waals surface area contributed by atoms with Crippen molar-refractivity contribution in [3.05, 3.63) is 47.7 Å². The summed E-state index contributed by atoms with van der Waals surface area (Å²) in [6.07, 6.45) is 3.10. The van der Waals surface area contributed by atoms with Crippen LogP contribution in [0.15, 0.2) is 30.5 Å². The number of hydrogen-bond donors (Lipinski definition) is 2. The Morgan fingerprint density at radius 1 is 1.17 bits per heavy atom. The highest BCUT2D eigenvalue weighted by Crippen LogP contribution is 2.42. The zero-order valence-corrected chi connectivity index (χ0v) is 26.0. The van der Waals surface area contributed by atoms with E-state index in [2.05, 4.69) is 20.2 Å². The molecular weight excluding hydrogens is 613 g/mol. The summed E-state index contributed by atoms with van der Waals surface area (Å²) in [7, 11) is 0. The van der Waals surface area contributed by atoms with Crippen LogP contribution in [0.1, 0.15) is 44.6 Å². The summed E-state index contributed by atoms with van der Waals surface area (Å²) >= 11 is 0. The lowest BCUT2D eigenvalue weighted by atomic mass is 9.93. The number of fused-ring (bicyclic) bond motifs is 7. The molecule has 0 saturated carbocycles. The van der Waals surface area contributed by atoms with Crippen molar-refractivity contribution < 1.29 is 32.5 Å². The van der Waals surface area contributed by atoms with Crippen LogP contribution in [0, 0.1) is 11.6 Å². The van der Waals surface area contributed by atoms with Crippen molar-refractivity contribution in [3.63, 3.8) is 0 Å². The van der Waals surface area contributed by atoms with E-state index in [1.165, 1.54) is 30.5 Å². The Labute approximate surface area is 268 Å². The summed E-state index contributed by atoms with van der Waals surface area (Å²) in [6.45, 7) is 4.10. The zero-order valence-electron chi connectivity index (χ0n) is 26.0. The highest BCUT2D eigenvalue weighted by molar-refractivity contribution is 6.01. The normalized spacial score (nSPS) is 26.2. The van der Waals surface area contributed by atoms with Crippen molar-refractivity contribution in [2.45, 2.75) is 62.7 Å². The summed E-state index contributed by atoms with van der Waals surface area (Å²) in [4.78, 5) is 30.7. The molecule has 3 atom stereocenters. The molecule has 246 valence electrons. The maximum absolute atomic E-state index is 16.9. The summed E-state index contributed by atoms with van der Waals surface area (Å²) in [6, 6.07) is 5.62. The number of anilines is 1. The average molecular weight is 649 g/mol. The number of aromatic nitrogens is 3. The number of nitrogens with one attached hydrogen (secondary N) is 1. The number of alkyl carbamates (subject to hydrolysis) is 1. The van der Waals surface area contributed by atoms with E-state index in [1.807, 2.05) is 11.8 Å². The molecule has 6 bridgehead atoms. The maximum Gasteiger partial charge on any atom is 0.407 e. The molecule has 10 nitrogen and oxygen atoms in total. The molecule has 4 aromatic rings. The number of aromatic hydroxyl groups is 1. The van der Waals surface area contributed by atoms with Crippen LogP contribution in [0.2, 0.25) is 0 Å². The van der Waals surface area contributed by atoms with Gasteiger partial charge in [-0.3, -0.25) is 9.88 Å². The van der Waals surface area contributed by atoms with Gasteiger partial charge < -0.3 is 24.8 Å². The van der Waals surface area contributed by atoms with E-state index in [-0.39, 0.29) is 48.2 Å². The molecule has 1 unspecified atom stereocenters. The predicted molar refractivity (Wildman–Crippen MR) is 168 cm³/mol. The van der Waals surface area contributed by atoms with Gasteiger partial charge in [-0.2, -0.15) is 9.97 Å². The molecule has 5 aliphatic heterocycles. The minimum atomic E-state index is -0.942. The SMILES string of the molecule is C[C@@]12CCN(C1)c1nc(OCC34CCCN3C[C@H](F)C4)nc3c(F)c(ncc13)-c1cc(O)cc3ccc(F)c(c13)CCCOC(=O)N2. The second kappa shape index (κ2) is 11.1. The Hall–Kier alpha value is -4.39. The lowest BCUT2D eigenvalue weighted by Gasteiger charge is -2.31. The van der Waals surface area contributed by atoms with E-state index in [9.17, 15) is 14.3 Å². The van der Waals surface area contributed by atoms with Gasteiger partial charge in [-0.15, -0.1) is 0 Å². The third-order valence-corrected chi connectivity index (χ3v) is 10.3. The van der Waals surface area contributed by atoms with Crippen molar-refractivity contribution in [1.29, 1.82) is 0 Å². The summed E-state index contributed by atoms with van der Waals surface area (Å²) in [5.74, 6) is -1.03. The van der Waals surface area contributed by atoms with Crippen LogP contribution in [0.25, 0.3) is 32.9 Å². The highest BCUT2D eigenvalue weighted by atomic mass is 19.1. The number of nitrogens with zero attached hydrogens (tertiary/aromatic N) is 5. The van der Waals surface area contributed by atoms with E-state index in [0.29, 0.717) is 66.4 Å². The van der Waals surface area contributed by atoms with E-state index >= 15 is 8.78 Å². The fourth-order valence-corrected chi connectivity index (χ4v) is 8.03. The van der Waals surface area contributed by atoms with Crippen LogP contribution in [0.3, 0.4) is 0 Å². The van der Waals surface area contributed by atoms with Crippen LogP contribution in [-0.4, -0.2) is 87.7 Å². The molecule has 2 N–H and O–H groups in total. The molecule has 7 heterocycles. The molecule has 2 aromatic heterocycles. The predicted octanol–water partition coefficient (Wildman–Crippen LogP) is 5.43. The van der Waals surface area contributed by atoms with Gasteiger partial charge in [0.2, 0.25) is 0 Å². The molecule has 3 saturated heterocycles. The summed E-state index contributed by atoms with van der Waals surface area (Å²) in [5.41, 5.74) is -0.812. The number of carbonyl (C=O) groups is 1. The van der Waals surface area contributed by atoms with Gasteiger partial charge in [0.25, 0.3) is 0 Å². The monoisotopic (exact) mass is 648 g/mol. The Kier molecular flexibility index (Phi) is 7.08. The summed E-state index contributed by atoms with van der Waals surface area (Å²) in [5, 5.41) is 14.8. The molecule has 0 aliphatic carbocycles. The number of pyridine rings is 1. The number of aryl methyl sites for hydroxylation is 1. The van der Waals surface area contributed by atoms with Crippen LogP contribution in [-0.2, 0) is 11.2 Å². The van der Waals surface area contributed by atoms with Crippen LogP contribution < -0.4 is 15.0 Å². The van der Waals surface area contributed by atoms with Crippen molar-refractivity contribution in [2.24, 2.45) is 0 Å². The van der Waals surface area contributed by atoms with E-state index in [1.54, 1.807) is 0 Å². The first kappa shape index (κ1) is 30.0. The highest BCUT2D eigenvalue weighted by Gasteiger charge is 2.49. The number of hydrogen-bond acceptors (Lipinski definition) is 9. The Bertz CT molecular complexity index is 1930. The van der Waals surface area contributed by atoms with Gasteiger partial charge >= 0.3 is 12.1 Å². The lowest BCUT2D eigenvalue weighted by molar-refractivity contribution is 0.107. The van der Waals surface area contributed by atoms with Crippen molar-refractivity contribution in [1.82, 2.24) is 25.2 Å². The number of halogens is 3. The number of rotatable bonds is 3. The maximum atomic E-state index is 16.9. The zero-order chi connectivity index (χ0) is 32.5. The molecule has 5 aliphatic rings. The number of phenols is 1. The molecule has 9 rings (SSSR count). The third kappa shape index (κ3) is 5.15. The van der Waals surface area contributed by atoms with Gasteiger partial charge in [0.05, 0.1) is 23.1 Å². The molecule has 3 fully saturated rings. The number of phenolic OH excluding ortho intramolecular Hbond substituents is 1. The van der Waals surface area contributed by atoms with Crippen molar-refractivity contribution >= 4 is 33.6 Å². The molecule has 0 radical (unpaired) electrons. The Morgan fingerprint density at radius 3 is 2.91 bits per heavy atom. The first-order valence-corrected chi connectivity index (χ1v) is 16.1. The number of benzene rings is 2. The largest absolute Gasteiger partial charge is 0.508 e. The van der Waals surface area contributed by atoms with Gasteiger partial charge in [0.1, 0.15) is 41.4 Å². The van der Waals surface area contributed by atoms with Crippen LogP contribution in [0.4, 0.5) is 23.8 Å². The van der Waals surface area contributed by atoms with Gasteiger partial charge in [-0.1, -0.05) is 6.07 Å². The number of alkyl halides is 1. The number of ether oxygens (including phenoxy) is 2. The minimum Gasteiger partial charge on any atom is -0.508 e. The van der Waals surface area contributed by atoms with Gasteiger partial charge in [0.15, 0.2) is 5.82 Å². The van der Waals surface area contributed by atoms with Crippen LogP contribution in [0.5, 0.6) is 11.8 Å². The van der Waals surface area contributed by atoms with Gasteiger partial charge in [0, 0.05) is 37.8 Å². The van der Waals surface area contributed by atoms with Crippen LogP contribution >= 0.6 is 0 Å². The lowest BCUT2D eigenvalue weighted by Crippen LogP contribution is -2.48. The Morgan fingerprint density at radius 2 is 2.04 bits per heavy atom. The molecule has 13 heteroatoms. The first-order chi connectivity index (χ1) is 22.6. The van der Waals surface area contributed by atoms with Gasteiger partial charge in [-0.25, -0.2) is 18.0 Å². The average Bonchev–Trinajstić information content (AvgIpc) is 3.70. The second-order valence-electron chi connectivity index (χ2n) is 13.6. The standard InChI is InChI=1S/C34H35F3N6O4/c1-33-8-10-42(17-33)30-24-15-38-28(27(37)29(24)39-31(40-30)47-18-34-7-3-9-43(34)16-20(35)14-34)23-13-21(44)12-19-5-6-25(36)22(26(19)23)4-2-11-46-32(45)41-33/h5-6,12-13,15,20,44H,2-4,7-11,14,16-18H2,1H3,(H,41,45)/t20-,33-,34?/m1/s1. The quantitative estimate of drug-likeness (QED) is 0.301. The summed E-state index contributed by atoms with van der Waals surface area (Å²) < 4.78 is 58.5. The minimum absolute atomic E-state index is 0.0449. The molecule has 2 aromatic carbocycles. The van der Waals surface area contributed by atoms with E-state index in [0.717, 1.165) is 19.4 Å². The molecule has 0 spiro atoms. The fraction of sp³-hybridized carbons (Fsp3) is 0.471. The van der Waals surface area contributed by atoms with E-state index < -0.39 is 35.0 Å². The second-order valence-corrected chi connectivity index (χ2v) is 13.6. The van der Waals surface area contributed by atoms with Gasteiger partial charge in [-0.05, 0) is 80.1 Å². The molecule has 47 heavy (non-hydrogen) atoms. The third-order valence-electron chi connectivity index (χ3n) is 10.3. The van der Waals surface area contributed by atoms with Crippen molar-refractivity contribution in [2.75, 3.05) is 44.3 Å². The Balaban J connectivity index is 1.31. The molecule has 1 amide bonds. The topological polar surface area (TPSA) is 113 Å². The fourth-order valence-electron chi connectivity index (χ4n) is 8.03.